The highest BCUT2D eigenvalue weighted by atomic mass is 32.2. The fourth-order valence-electron chi connectivity index (χ4n) is 3.17. The van der Waals surface area contributed by atoms with Crippen LogP contribution >= 0.6 is 11.8 Å². The number of nitrogens with zero attached hydrogens (tertiary/aromatic N) is 7. The molecule has 11 heteroatoms. The number of alkyl halides is 2. The number of ether oxygens (including phenoxy) is 1. The van der Waals surface area contributed by atoms with Crippen LogP contribution in [0.1, 0.15) is 17.8 Å². The van der Waals surface area contributed by atoms with Gasteiger partial charge in [0.25, 0.3) is 6.43 Å². The molecule has 0 amide bonds. The highest BCUT2D eigenvalue weighted by molar-refractivity contribution is 7.99. The van der Waals surface area contributed by atoms with Crippen molar-refractivity contribution in [2.75, 3.05) is 7.11 Å². The molecule has 0 fully saturated rings. The maximum absolute atomic E-state index is 13.1. The van der Waals surface area contributed by atoms with Crippen molar-refractivity contribution < 1.29 is 13.5 Å². The van der Waals surface area contributed by atoms with E-state index < -0.39 is 12.2 Å². The van der Waals surface area contributed by atoms with Gasteiger partial charge in [-0.2, -0.15) is 9.61 Å². The molecule has 5 aromatic rings. The Morgan fingerprint density at radius 2 is 1.83 bits per heavy atom. The lowest BCUT2D eigenvalue weighted by molar-refractivity contribution is 0.137. The maximum Gasteiger partial charge on any atom is 0.299 e. The quantitative estimate of drug-likeness (QED) is 0.444. The SMILES string of the molecule is COc1ccc2c(C)cc3nnc(Sc4ccc5nnc(C(F)F)n5n4)n3c2c1. The van der Waals surface area contributed by atoms with E-state index in [0.717, 1.165) is 21.0 Å². The van der Waals surface area contributed by atoms with E-state index in [1.54, 1.807) is 19.2 Å². The predicted octanol–water partition coefficient (Wildman–Crippen LogP) is 3.73. The van der Waals surface area contributed by atoms with Gasteiger partial charge in [-0.25, -0.2) is 8.78 Å². The molecule has 0 bridgehead atoms. The summed E-state index contributed by atoms with van der Waals surface area (Å²) in [7, 11) is 1.61. The summed E-state index contributed by atoms with van der Waals surface area (Å²) in [4.78, 5) is 0. The summed E-state index contributed by atoms with van der Waals surface area (Å²) >= 11 is 1.21. The Morgan fingerprint density at radius 3 is 2.62 bits per heavy atom. The highest BCUT2D eigenvalue weighted by Gasteiger charge is 2.18. The summed E-state index contributed by atoms with van der Waals surface area (Å²) in [5.74, 6) is 0.207. The van der Waals surface area contributed by atoms with E-state index in [0.29, 0.717) is 21.6 Å². The molecule has 8 nitrogen and oxygen atoms in total. The zero-order valence-corrected chi connectivity index (χ0v) is 16.1. The van der Waals surface area contributed by atoms with Gasteiger partial charge in [0.05, 0.1) is 12.6 Å². The summed E-state index contributed by atoms with van der Waals surface area (Å²) in [5, 5.41) is 22.0. The van der Waals surface area contributed by atoms with Gasteiger partial charge in [-0.15, -0.1) is 20.4 Å². The van der Waals surface area contributed by atoms with Crippen LogP contribution in [0.4, 0.5) is 8.78 Å². The lowest BCUT2D eigenvalue weighted by Gasteiger charge is -2.09. The van der Waals surface area contributed by atoms with E-state index in [-0.39, 0.29) is 5.65 Å². The smallest absolute Gasteiger partial charge is 0.299 e. The molecule has 0 N–H and O–H groups in total. The van der Waals surface area contributed by atoms with Crippen LogP contribution in [0, 0.1) is 6.92 Å². The third kappa shape index (κ3) is 2.85. The van der Waals surface area contributed by atoms with E-state index in [9.17, 15) is 8.78 Å². The van der Waals surface area contributed by atoms with Crippen molar-refractivity contribution in [1.29, 1.82) is 0 Å². The number of hydrogen-bond acceptors (Lipinski definition) is 7. The summed E-state index contributed by atoms with van der Waals surface area (Å²) in [6.45, 7) is 2.00. The molecule has 146 valence electrons. The minimum absolute atomic E-state index is 0.251. The molecule has 5 rings (SSSR count). The molecule has 0 spiro atoms. The number of hydrogen-bond donors (Lipinski definition) is 0. The van der Waals surface area contributed by atoms with E-state index in [1.165, 1.54) is 11.8 Å². The Kier molecular flexibility index (Phi) is 4.05. The van der Waals surface area contributed by atoms with Crippen molar-refractivity contribution in [3.8, 4) is 5.75 Å². The Balaban J connectivity index is 1.67. The lowest BCUT2D eigenvalue weighted by atomic mass is 10.1. The molecule has 4 heterocycles. The minimum Gasteiger partial charge on any atom is -0.497 e. The molecule has 0 aliphatic carbocycles. The van der Waals surface area contributed by atoms with Crippen LogP contribution in [-0.2, 0) is 0 Å². The van der Waals surface area contributed by atoms with Crippen molar-refractivity contribution in [3.05, 3.63) is 47.8 Å². The second-order valence-electron chi connectivity index (χ2n) is 6.29. The van der Waals surface area contributed by atoms with Crippen molar-refractivity contribution >= 4 is 34.0 Å². The molecule has 0 saturated carbocycles. The second-order valence-corrected chi connectivity index (χ2v) is 7.28. The molecule has 4 aromatic heterocycles. The van der Waals surface area contributed by atoms with Crippen LogP contribution in [0.2, 0.25) is 0 Å². The highest BCUT2D eigenvalue weighted by Crippen LogP contribution is 2.31. The summed E-state index contributed by atoms with van der Waals surface area (Å²) in [6, 6.07) is 11.0. The van der Waals surface area contributed by atoms with Crippen molar-refractivity contribution in [3.63, 3.8) is 0 Å². The van der Waals surface area contributed by atoms with E-state index in [4.69, 9.17) is 4.74 Å². The van der Waals surface area contributed by atoms with Crippen LogP contribution in [-0.4, -0.2) is 41.5 Å². The predicted molar refractivity (Wildman–Crippen MR) is 102 cm³/mol. The van der Waals surface area contributed by atoms with Crippen LogP contribution in [0.15, 0.2) is 46.6 Å². The second kappa shape index (κ2) is 6.62. The van der Waals surface area contributed by atoms with Gasteiger partial charge in [-0.05, 0) is 54.6 Å². The number of methoxy groups -OCH3 is 1. The van der Waals surface area contributed by atoms with Gasteiger partial charge in [0.15, 0.2) is 11.3 Å². The molecule has 0 radical (unpaired) electrons. The zero-order chi connectivity index (χ0) is 20.1. The number of aromatic nitrogens is 7. The fourth-order valence-corrected chi connectivity index (χ4v) is 3.98. The number of fused-ring (bicyclic) bond motifs is 4. The van der Waals surface area contributed by atoms with Crippen LogP contribution < -0.4 is 4.74 Å². The van der Waals surface area contributed by atoms with Gasteiger partial charge >= 0.3 is 0 Å². The number of halogens is 2. The largest absolute Gasteiger partial charge is 0.497 e. The molecule has 0 unspecified atom stereocenters. The number of rotatable bonds is 4. The third-order valence-corrected chi connectivity index (χ3v) is 5.40. The molecule has 0 aliphatic rings. The first-order valence-corrected chi connectivity index (χ1v) is 9.37. The molecule has 29 heavy (non-hydrogen) atoms. The average Bonchev–Trinajstić information content (AvgIpc) is 3.31. The van der Waals surface area contributed by atoms with Crippen molar-refractivity contribution in [2.45, 2.75) is 23.5 Å². The van der Waals surface area contributed by atoms with Gasteiger partial charge in [0.2, 0.25) is 11.0 Å². The average molecular weight is 413 g/mol. The topological polar surface area (TPSA) is 82.5 Å². The van der Waals surface area contributed by atoms with Crippen LogP contribution in [0.5, 0.6) is 5.75 Å². The monoisotopic (exact) mass is 413 g/mol. The Bertz CT molecular complexity index is 1380. The van der Waals surface area contributed by atoms with Gasteiger partial charge in [0.1, 0.15) is 10.8 Å². The first-order chi connectivity index (χ1) is 14.0. The number of aryl methyl sites for hydroxylation is 1. The first-order valence-electron chi connectivity index (χ1n) is 8.56. The molecule has 0 atom stereocenters. The van der Waals surface area contributed by atoms with E-state index >= 15 is 0 Å². The van der Waals surface area contributed by atoms with E-state index in [2.05, 4.69) is 25.5 Å². The Morgan fingerprint density at radius 1 is 1.00 bits per heavy atom. The molecule has 0 aliphatic heterocycles. The van der Waals surface area contributed by atoms with Gasteiger partial charge in [0, 0.05) is 11.5 Å². The lowest BCUT2D eigenvalue weighted by Crippen LogP contribution is -2.00. The standard InChI is InChI=1S/C18H13F2N7OS/c1-9-7-14-22-24-18(26(14)12-8-10(28-2)3-4-11(9)12)29-15-6-5-13-21-23-17(16(19)20)27(13)25-15/h3-8,16H,1-2H3. The summed E-state index contributed by atoms with van der Waals surface area (Å²) in [5.41, 5.74) is 2.86. The zero-order valence-electron chi connectivity index (χ0n) is 15.2. The maximum atomic E-state index is 13.1. The van der Waals surface area contributed by atoms with Gasteiger partial charge in [-0.3, -0.25) is 4.40 Å². The van der Waals surface area contributed by atoms with E-state index in [1.807, 2.05) is 35.6 Å². The molecular weight excluding hydrogens is 400 g/mol. The molecule has 1 aromatic carbocycles. The normalized spacial score (nSPS) is 11.9. The van der Waals surface area contributed by atoms with Crippen molar-refractivity contribution in [1.82, 2.24) is 34.4 Å². The summed E-state index contributed by atoms with van der Waals surface area (Å²) < 4.78 is 34.5. The minimum atomic E-state index is -2.77. The fraction of sp³-hybridized carbons (Fsp3) is 0.167. The van der Waals surface area contributed by atoms with Crippen LogP contribution in [0.3, 0.4) is 0 Å². The number of benzene rings is 1. The van der Waals surface area contributed by atoms with Crippen molar-refractivity contribution in [2.24, 2.45) is 0 Å². The number of pyridine rings is 1. The van der Waals surface area contributed by atoms with Gasteiger partial charge in [-0.1, -0.05) is 0 Å². The molecule has 0 saturated heterocycles. The first kappa shape index (κ1) is 17.7. The summed E-state index contributed by atoms with van der Waals surface area (Å²) in [6.07, 6.45) is -2.77. The molecular formula is C18H13F2N7OS. The van der Waals surface area contributed by atoms with Crippen LogP contribution in [0.25, 0.3) is 22.2 Å². The Labute approximate surface area is 166 Å². The van der Waals surface area contributed by atoms with Gasteiger partial charge < -0.3 is 4.74 Å². The Hall–Kier alpha value is -3.34. The third-order valence-electron chi connectivity index (χ3n) is 4.53.